The van der Waals surface area contributed by atoms with E-state index in [4.69, 9.17) is 4.74 Å². The zero-order valence-electron chi connectivity index (χ0n) is 16.1. The predicted octanol–water partition coefficient (Wildman–Crippen LogP) is 6.58. The lowest BCUT2D eigenvalue weighted by atomic mass is 9.69. The summed E-state index contributed by atoms with van der Waals surface area (Å²) in [6.07, 6.45) is 6.25. The molecule has 0 heterocycles. The molecule has 0 radical (unpaired) electrons. The van der Waals surface area contributed by atoms with Crippen molar-refractivity contribution >= 4 is 0 Å². The van der Waals surface area contributed by atoms with E-state index in [1.165, 1.54) is 16.7 Å². The first-order valence-corrected chi connectivity index (χ1v) is 9.63. The molecule has 138 valence electrons. The second kappa shape index (κ2) is 9.23. The molecule has 1 heteroatoms. The van der Waals surface area contributed by atoms with Crippen molar-refractivity contribution in [3.05, 3.63) is 114 Å². The number of rotatable bonds is 9. The molecule has 0 N–H and O–H groups in total. The Hall–Kier alpha value is -2.80. The zero-order chi connectivity index (χ0) is 19.0. The molecule has 0 bridgehead atoms. The summed E-state index contributed by atoms with van der Waals surface area (Å²) >= 11 is 0. The Morgan fingerprint density at radius 3 is 1.85 bits per heavy atom. The summed E-state index contributed by atoms with van der Waals surface area (Å²) in [5.41, 5.74) is 4.05. The average molecular weight is 357 g/mol. The summed E-state index contributed by atoms with van der Waals surface area (Å²) in [4.78, 5) is 0. The highest BCUT2D eigenvalue weighted by atomic mass is 16.5. The molecule has 0 saturated carbocycles. The van der Waals surface area contributed by atoms with Crippen LogP contribution in [0.3, 0.4) is 0 Å². The van der Waals surface area contributed by atoms with Crippen LogP contribution < -0.4 is 4.74 Å². The number of benzene rings is 3. The molecule has 1 nitrogen and oxygen atoms in total. The first-order chi connectivity index (χ1) is 13.3. The summed E-state index contributed by atoms with van der Waals surface area (Å²) in [6.45, 7) is 4.07. The van der Waals surface area contributed by atoms with Gasteiger partial charge < -0.3 is 4.74 Å². The SMILES string of the molecule is C=CCC(CCCc1ccc(OC)cc1)(c1ccccc1)c1ccccc1. The molecule has 3 aromatic carbocycles. The van der Waals surface area contributed by atoms with Crippen LogP contribution in [0.25, 0.3) is 0 Å². The van der Waals surface area contributed by atoms with Crippen LogP contribution in [0.15, 0.2) is 97.6 Å². The van der Waals surface area contributed by atoms with Crippen LogP contribution in [0, 0.1) is 0 Å². The highest BCUT2D eigenvalue weighted by Gasteiger charge is 2.32. The van der Waals surface area contributed by atoms with Crippen molar-refractivity contribution in [3.8, 4) is 5.75 Å². The molecule has 0 atom stereocenters. The summed E-state index contributed by atoms with van der Waals surface area (Å²) < 4.78 is 5.26. The quantitative estimate of drug-likeness (QED) is 0.393. The Balaban J connectivity index is 1.86. The highest BCUT2D eigenvalue weighted by molar-refractivity contribution is 5.40. The minimum atomic E-state index is -0.0310. The summed E-state index contributed by atoms with van der Waals surface area (Å²) in [5.74, 6) is 0.910. The maximum atomic E-state index is 5.26. The monoisotopic (exact) mass is 356 g/mol. The zero-order valence-corrected chi connectivity index (χ0v) is 16.1. The van der Waals surface area contributed by atoms with Gasteiger partial charge in [-0.05, 0) is 54.5 Å². The number of allylic oxidation sites excluding steroid dienone is 1. The van der Waals surface area contributed by atoms with Crippen LogP contribution >= 0.6 is 0 Å². The number of aryl methyl sites for hydroxylation is 1. The van der Waals surface area contributed by atoms with Crippen LogP contribution in [0.2, 0.25) is 0 Å². The third kappa shape index (κ3) is 4.49. The lowest BCUT2D eigenvalue weighted by Gasteiger charge is -2.35. The van der Waals surface area contributed by atoms with Gasteiger partial charge in [0, 0.05) is 5.41 Å². The Labute approximate surface area is 163 Å². The van der Waals surface area contributed by atoms with E-state index in [2.05, 4.69) is 85.5 Å². The molecule has 0 spiro atoms. The lowest BCUT2D eigenvalue weighted by molar-refractivity contribution is 0.414. The van der Waals surface area contributed by atoms with Crippen molar-refractivity contribution in [3.63, 3.8) is 0 Å². The maximum Gasteiger partial charge on any atom is 0.118 e. The minimum absolute atomic E-state index is 0.0310. The minimum Gasteiger partial charge on any atom is -0.497 e. The summed E-state index contributed by atoms with van der Waals surface area (Å²) in [6, 6.07) is 30.2. The molecule has 27 heavy (non-hydrogen) atoms. The fourth-order valence-electron chi connectivity index (χ4n) is 3.94. The molecule has 0 aliphatic heterocycles. The Bertz CT molecular complexity index is 780. The molecule has 0 unspecified atom stereocenters. The predicted molar refractivity (Wildman–Crippen MR) is 114 cm³/mol. The van der Waals surface area contributed by atoms with Crippen molar-refractivity contribution in [2.45, 2.75) is 31.1 Å². The standard InChI is InChI=1S/C26H28O/c1-3-20-26(23-12-6-4-7-13-23,24-14-8-5-9-15-24)21-10-11-22-16-18-25(27-2)19-17-22/h3-9,12-19H,1,10-11,20-21H2,2H3. The molecule has 3 rings (SSSR count). The third-order valence-corrected chi connectivity index (χ3v) is 5.37. The normalized spacial score (nSPS) is 11.1. The van der Waals surface area contributed by atoms with E-state index >= 15 is 0 Å². The van der Waals surface area contributed by atoms with Gasteiger partial charge in [-0.25, -0.2) is 0 Å². The summed E-state index contributed by atoms with van der Waals surface area (Å²) in [7, 11) is 1.71. The van der Waals surface area contributed by atoms with Gasteiger partial charge in [0.25, 0.3) is 0 Å². The highest BCUT2D eigenvalue weighted by Crippen LogP contribution is 2.40. The molecule has 0 aliphatic rings. The van der Waals surface area contributed by atoms with Gasteiger partial charge in [0.05, 0.1) is 7.11 Å². The molecule has 0 aromatic heterocycles. The van der Waals surface area contributed by atoms with Crippen molar-refractivity contribution in [1.82, 2.24) is 0 Å². The first-order valence-electron chi connectivity index (χ1n) is 9.63. The molecular formula is C26H28O. The number of hydrogen-bond donors (Lipinski definition) is 0. The van der Waals surface area contributed by atoms with E-state index in [1.807, 2.05) is 12.1 Å². The van der Waals surface area contributed by atoms with E-state index in [0.717, 1.165) is 31.4 Å². The van der Waals surface area contributed by atoms with Gasteiger partial charge in [-0.15, -0.1) is 6.58 Å². The fraction of sp³-hybridized carbons (Fsp3) is 0.231. The topological polar surface area (TPSA) is 9.23 Å². The van der Waals surface area contributed by atoms with Crippen LogP contribution in [-0.2, 0) is 11.8 Å². The Kier molecular flexibility index (Phi) is 6.49. The van der Waals surface area contributed by atoms with Crippen LogP contribution in [0.1, 0.15) is 36.0 Å². The second-order valence-electron chi connectivity index (χ2n) is 7.01. The van der Waals surface area contributed by atoms with Crippen molar-refractivity contribution < 1.29 is 4.74 Å². The van der Waals surface area contributed by atoms with Crippen molar-refractivity contribution in [2.75, 3.05) is 7.11 Å². The number of hydrogen-bond acceptors (Lipinski definition) is 1. The van der Waals surface area contributed by atoms with E-state index in [9.17, 15) is 0 Å². The molecule has 0 saturated heterocycles. The van der Waals surface area contributed by atoms with Gasteiger partial charge in [0.15, 0.2) is 0 Å². The van der Waals surface area contributed by atoms with Gasteiger partial charge in [0.1, 0.15) is 5.75 Å². The average Bonchev–Trinajstić information content (AvgIpc) is 2.75. The Morgan fingerprint density at radius 1 is 0.815 bits per heavy atom. The molecule has 0 fully saturated rings. The molecule has 3 aromatic rings. The fourth-order valence-corrected chi connectivity index (χ4v) is 3.94. The molecule has 0 aliphatic carbocycles. The van der Waals surface area contributed by atoms with Gasteiger partial charge in [-0.2, -0.15) is 0 Å². The Morgan fingerprint density at radius 2 is 1.37 bits per heavy atom. The van der Waals surface area contributed by atoms with E-state index in [-0.39, 0.29) is 5.41 Å². The van der Waals surface area contributed by atoms with E-state index in [0.29, 0.717) is 0 Å². The van der Waals surface area contributed by atoms with Crippen molar-refractivity contribution in [1.29, 1.82) is 0 Å². The van der Waals surface area contributed by atoms with E-state index < -0.39 is 0 Å². The lowest BCUT2D eigenvalue weighted by Crippen LogP contribution is -2.27. The van der Waals surface area contributed by atoms with Gasteiger partial charge >= 0.3 is 0 Å². The van der Waals surface area contributed by atoms with Gasteiger partial charge in [-0.3, -0.25) is 0 Å². The van der Waals surface area contributed by atoms with Crippen LogP contribution in [-0.4, -0.2) is 7.11 Å². The molecule has 0 amide bonds. The smallest absolute Gasteiger partial charge is 0.118 e. The second-order valence-corrected chi connectivity index (χ2v) is 7.01. The largest absolute Gasteiger partial charge is 0.497 e. The number of ether oxygens (including phenoxy) is 1. The molecular weight excluding hydrogens is 328 g/mol. The van der Waals surface area contributed by atoms with Crippen molar-refractivity contribution in [2.24, 2.45) is 0 Å². The first kappa shape index (κ1) is 19.0. The number of methoxy groups -OCH3 is 1. The van der Waals surface area contributed by atoms with Gasteiger partial charge in [-0.1, -0.05) is 78.9 Å². The summed E-state index contributed by atoms with van der Waals surface area (Å²) in [5, 5.41) is 0. The van der Waals surface area contributed by atoms with Crippen LogP contribution in [0.5, 0.6) is 5.75 Å². The van der Waals surface area contributed by atoms with E-state index in [1.54, 1.807) is 7.11 Å². The third-order valence-electron chi connectivity index (χ3n) is 5.37. The van der Waals surface area contributed by atoms with Crippen LogP contribution in [0.4, 0.5) is 0 Å². The van der Waals surface area contributed by atoms with Gasteiger partial charge in [0.2, 0.25) is 0 Å². The maximum absolute atomic E-state index is 5.26.